The van der Waals surface area contributed by atoms with Crippen LogP contribution >= 0.6 is 11.6 Å². The Hall–Kier alpha value is -1.62. The Labute approximate surface area is 146 Å². The van der Waals surface area contributed by atoms with Crippen LogP contribution in [0.4, 0.5) is 0 Å². The summed E-state index contributed by atoms with van der Waals surface area (Å²) < 4.78 is 25.6. The molecule has 1 aromatic rings. The third-order valence-corrected chi connectivity index (χ3v) is 7.16. The lowest BCUT2D eigenvalue weighted by atomic mass is 10.2. The lowest BCUT2D eigenvalue weighted by molar-refractivity contribution is -0.123. The van der Waals surface area contributed by atoms with Gasteiger partial charge in [0.1, 0.15) is 5.54 Å². The zero-order valence-electron chi connectivity index (χ0n) is 13.2. The first-order valence-corrected chi connectivity index (χ1v) is 9.66. The van der Waals surface area contributed by atoms with Gasteiger partial charge in [0.15, 0.2) is 9.84 Å². The Morgan fingerprint density at radius 1 is 1.46 bits per heavy atom. The molecule has 2 atom stereocenters. The quantitative estimate of drug-likeness (QED) is 0.836. The third-order valence-electron chi connectivity index (χ3n) is 4.62. The SMILES string of the molecule is Cc1cc(Cl)ccc1S(=O)(=O)[C@H]1CN[C@H](C(=O)NC2(C#N)CC2)C1. The van der Waals surface area contributed by atoms with Crippen LogP contribution in [0.5, 0.6) is 0 Å². The van der Waals surface area contributed by atoms with Crippen molar-refractivity contribution in [2.45, 2.75) is 47.9 Å². The summed E-state index contributed by atoms with van der Waals surface area (Å²) >= 11 is 5.89. The van der Waals surface area contributed by atoms with Gasteiger partial charge in [-0.2, -0.15) is 5.26 Å². The normalized spacial score (nSPS) is 25.0. The second-order valence-corrected chi connectivity index (χ2v) is 9.09. The van der Waals surface area contributed by atoms with E-state index in [2.05, 4.69) is 16.7 Å². The topological polar surface area (TPSA) is 99.1 Å². The van der Waals surface area contributed by atoms with E-state index in [1.165, 1.54) is 6.07 Å². The predicted molar refractivity (Wildman–Crippen MR) is 89.3 cm³/mol. The van der Waals surface area contributed by atoms with Crippen LogP contribution in [0.1, 0.15) is 24.8 Å². The molecule has 0 unspecified atom stereocenters. The molecule has 1 saturated carbocycles. The van der Waals surface area contributed by atoms with Crippen molar-refractivity contribution < 1.29 is 13.2 Å². The number of sulfone groups is 1. The molecule has 0 radical (unpaired) electrons. The number of aryl methyl sites for hydroxylation is 1. The number of hydrogen-bond donors (Lipinski definition) is 2. The molecule has 8 heteroatoms. The van der Waals surface area contributed by atoms with E-state index in [0.29, 0.717) is 23.4 Å². The van der Waals surface area contributed by atoms with E-state index in [4.69, 9.17) is 16.9 Å². The first-order chi connectivity index (χ1) is 11.3. The summed E-state index contributed by atoms with van der Waals surface area (Å²) in [6, 6.07) is 6.18. The fourth-order valence-corrected chi connectivity index (χ4v) is 5.08. The second kappa shape index (κ2) is 6.03. The number of nitrogens with zero attached hydrogens (tertiary/aromatic N) is 1. The van der Waals surface area contributed by atoms with E-state index in [-0.39, 0.29) is 23.8 Å². The fourth-order valence-electron chi connectivity index (χ4n) is 2.96. The summed E-state index contributed by atoms with van der Waals surface area (Å²) in [5, 5.41) is 14.5. The van der Waals surface area contributed by atoms with Gasteiger partial charge in [0, 0.05) is 11.6 Å². The largest absolute Gasteiger partial charge is 0.336 e. The first kappa shape index (κ1) is 17.2. The molecule has 0 bridgehead atoms. The lowest BCUT2D eigenvalue weighted by Gasteiger charge is -2.15. The van der Waals surface area contributed by atoms with Crippen LogP contribution in [0, 0.1) is 18.3 Å². The maximum Gasteiger partial charge on any atom is 0.238 e. The van der Waals surface area contributed by atoms with Gasteiger partial charge in [-0.05, 0) is 49.9 Å². The number of nitrogens with one attached hydrogen (secondary N) is 2. The highest BCUT2D eigenvalue weighted by Crippen LogP contribution is 2.35. The Morgan fingerprint density at radius 3 is 2.75 bits per heavy atom. The highest BCUT2D eigenvalue weighted by molar-refractivity contribution is 7.92. The standard InChI is InChI=1S/C16H18ClN3O3S/c1-10-6-11(17)2-3-14(10)24(22,23)12-7-13(19-8-12)15(21)20-16(9-18)4-5-16/h2-3,6,12-13,19H,4-5,7-8H2,1H3,(H,20,21)/t12-,13+/m1/s1. The van der Waals surface area contributed by atoms with E-state index >= 15 is 0 Å². The summed E-state index contributed by atoms with van der Waals surface area (Å²) in [6.07, 6.45) is 1.49. The molecule has 2 fully saturated rings. The maximum absolute atomic E-state index is 12.8. The fraction of sp³-hybridized carbons (Fsp3) is 0.500. The molecule has 1 saturated heterocycles. The molecule has 0 aromatic heterocycles. The van der Waals surface area contributed by atoms with Gasteiger partial charge in [0.2, 0.25) is 5.91 Å². The van der Waals surface area contributed by atoms with Crippen molar-refractivity contribution >= 4 is 27.3 Å². The molecule has 128 valence electrons. The summed E-state index contributed by atoms with van der Waals surface area (Å²) in [6.45, 7) is 1.91. The van der Waals surface area contributed by atoms with Gasteiger partial charge < -0.3 is 10.6 Å². The highest BCUT2D eigenvalue weighted by Gasteiger charge is 2.47. The van der Waals surface area contributed by atoms with Gasteiger partial charge in [-0.15, -0.1) is 0 Å². The lowest BCUT2D eigenvalue weighted by Crippen LogP contribution is -2.45. The molecular formula is C16H18ClN3O3S. The first-order valence-electron chi connectivity index (χ1n) is 7.74. The number of benzene rings is 1. The van der Waals surface area contributed by atoms with Gasteiger partial charge in [0.05, 0.1) is 22.3 Å². The smallest absolute Gasteiger partial charge is 0.238 e. The van der Waals surface area contributed by atoms with Gasteiger partial charge in [0.25, 0.3) is 0 Å². The average Bonchev–Trinajstić information content (AvgIpc) is 3.10. The van der Waals surface area contributed by atoms with Crippen molar-refractivity contribution in [2.24, 2.45) is 0 Å². The molecule has 2 N–H and O–H groups in total. The molecule has 0 spiro atoms. The van der Waals surface area contributed by atoms with Gasteiger partial charge in [-0.1, -0.05) is 11.6 Å². The molecule has 1 aliphatic carbocycles. The van der Waals surface area contributed by atoms with Crippen molar-refractivity contribution in [1.29, 1.82) is 5.26 Å². The molecular weight excluding hydrogens is 350 g/mol. The van der Waals surface area contributed by atoms with Crippen LogP contribution in [0.3, 0.4) is 0 Å². The van der Waals surface area contributed by atoms with E-state index in [0.717, 1.165) is 0 Å². The number of hydrogen-bond acceptors (Lipinski definition) is 5. The van der Waals surface area contributed by atoms with Crippen molar-refractivity contribution in [1.82, 2.24) is 10.6 Å². The summed E-state index contributed by atoms with van der Waals surface area (Å²) in [4.78, 5) is 12.5. The van der Waals surface area contributed by atoms with Crippen molar-refractivity contribution in [3.63, 3.8) is 0 Å². The molecule has 24 heavy (non-hydrogen) atoms. The Morgan fingerprint density at radius 2 is 2.17 bits per heavy atom. The zero-order valence-corrected chi connectivity index (χ0v) is 14.7. The molecule has 2 aliphatic rings. The zero-order chi connectivity index (χ0) is 17.5. The summed E-state index contributed by atoms with van der Waals surface area (Å²) in [7, 11) is -3.55. The van der Waals surface area contributed by atoms with Crippen LogP contribution in [0.25, 0.3) is 0 Å². The minimum atomic E-state index is -3.55. The van der Waals surface area contributed by atoms with Crippen LogP contribution < -0.4 is 10.6 Å². The van der Waals surface area contributed by atoms with Crippen molar-refractivity contribution in [3.05, 3.63) is 28.8 Å². The second-order valence-electron chi connectivity index (χ2n) is 6.46. The Bertz CT molecular complexity index is 827. The maximum atomic E-state index is 12.8. The molecule has 6 nitrogen and oxygen atoms in total. The van der Waals surface area contributed by atoms with Gasteiger partial charge in [-0.3, -0.25) is 4.79 Å². The average molecular weight is 368 g/mol. The van der Waals surface area contributed by atoms with Crippen molar-refractivity contribution in [2.75, 3.05) is 6.54 Å². The number of carbonyl (C=O) groups excluding carboxylic acids is 1. The molecule has 1 aromatic carbocycles. The van der Waals surface area contributed by atoms with Crippen LogP contribution in [-0.4, -0.2) is 37.7 Å². The van der Waals surface area contributed by atoms with E-state index in [1.54, 1.807) is 19.1 Å². The predicted octanol–water partition coefficient (Wildman–Crippen LogP) is 1.32. The van der Waals surface area contributed by atoms with E-state index in [9.17, 15) is 13.2 Å². The van der Waals surface area contributed by atoms with E-state index in [1.807, 2.05) is 0 Å². The van der Waals surface area contributed by atoms with Gasteiger partial charge in [-0.25, -0.2) is 8.42 Å². The minimum absolute atomic E-state index is 0.192. The molecule has 1 aliphatic heterocycles. The summed E-state index contributed by atoms with van der Waals surface area (Å²) in [5.74, 6) is -0.306. The number of rotatable bonds is 4. The van der Waals surface area contributed by atoms with Crippen LogP contribution in [-0.2, 0) is 14.6 Å². The highest BCUT2D eigenvalue weighted by atomic mass is 35.5. The monoisotopic (exact) mass is 367 g/mol. The number of amides is 1. The van der Waals surface area contributed by atoms with Crippen molar-refractivity contribution in [3.8, 4) is 6.07 Å². The Kier molecular flexibility index (Phi) is 4.32. The third kappa shape index (κ3) is 3.14. The molecule has 1 heterocycles. The molecule has 1 amide bonds. The summed E-state index contributed by atoms with van der Waals surface area (Å²) in [5.41, 5.74) is -0.153. The van der Waals surface area contributed by atoms with Crippen LogP contribution in [0.15, 0.2) is 23.1 Å². The van der Waals surface area contributed by atoms with E-state index < -0.39 is 26.7 Å². The number of nitriles is 1. The number of carbonyl (C=O) groups is 1. The minimum Gasteiger partial charge on any atom is -0.336 e. The Balaban J connectivity index is 1.73. The number of halogens is 1. The van der Waals surface area contributed by atoms with Gasteiger partial charge >= 0.3 is 0 Å². The molecule has 3 rings (SSSR count). The van der Waals surface area contributed by atoms with Crippen LogP contribution in [0.2, 0.25) is 5.02 Å².